The fraction of sp³-hybridized carbons (Fsp3) is 0.857. The van der Waals surface area contributed by atoms with Crippen molar-refractivity contribution in [2.75, 3.05) is 27.9 Å². The van der Waals surface area contributed by atoms with Crippen molar-refractivity contribution < 1.29 is 22.8 Å². The van der Waals surface area contributed by atoms with E-state index < -0.39 is 8.80 Å². The topological polar surface area (TPSA) is 54.0 Å². The average Bonchev–Trinajstić information content (AvgIpc) is 2.68. The van der Waals surface area contributed by atoms with Crippen LogP contribution in [0.15, 0.2) is 12.2 Å². The van der Waals surface area contributed by atoms with Crippen LogP contribution in [0, 0.1) is 0 Å². The minimum absolute atomic E-state index is 0.271. The van der Waals surface area contributed by atoms with Gasteiger partial charge in [0.05, 0.1) is 6.61 Å². The van der Waals surface area contributed by atoms with Gasteiger partial charge in [-0.2, -0.15) is 0 Å². The summed E-state index contributed by atoms with van der Waals surface area (Å²) in [5, 5.41) is 0. The first-order chi connectivity index (χ1) is 13.0. The minimum atomic E-state index is -2.36. The highest BCUT2D eigenvalue weighted by molar-refractivity contribution is 6.60. The largest absolute Gasteiger partial charge is 0.500 e. The van der Waals surface area contributed by atoms with Crippen molar-refractivity contribution in [3.63, 3.8) is 0 Å². The molecule has 0 rings (SSSR count). The van der Waals surface area contributed by atoms with E-state index in [1.165, 1.54) is 57.8 Å². The Balaban J connectivity index is 3.30. The van der Waals surface area contributed by atoms with Crippen LogP contribution < -0.4 is 0 Å². The monoisotopic (exact) mass is 402 g/mol. The van der Waals surface area contributed by atoms with Gasteiger partial charge in [0, 0.05) is 32.9 Å². The van der Waals surface area contributed by atoms with Crippen LogP contribution in [0.4, 0.5) is 0 Å². The summed E-state index contributed by atoms with van der Waals surface area (Å²) < 4.78 is 21.4. The molecule has 0 atom stereocenters. The lowest BCUT2D eigenvalue weighted by Crippen LogP contribution is -2.42. The fourth-order valence-corrected chi connectivity index (χ4v) is 4.85. The third-order valence-corrected chi connectivity index (χ3v) is 7.72. The standard InChI is InChI=1S/C21H42O5Si/c1-20(2)21(22)26-18-16-14-12-10-8-6-7-9-11-13-15-17-19-27(23-3,24-4)25-5/h1,6-19H2,2-5H3. The van der Waals surface area contributed by atoms with Crippen LogP contribution in [0.1, 0.15) is 84.0 Å². The number of ether oxygens (including phenoxy) is 1. The molecule has 5 nitrogen and oxygen atoms in total. The first-order valence-electron chi connectivity index (χ1n) is 10.5. The van der Waals surface area contributed by atoms with Crippen LogP contribution in [0.5, 0.6) is 0 Å². The predicted molar refractivity (Wildman–Crippen MR) is 113 cm³/mol. The molecule has 0 saturated carbocycles. The molecule has 0 bridgehead atoms. The number of rotatable bonds is 19. The predicted octanol–water partition coefficient (Wildman–Crippen LogP) is 5.67. The Morgan fingerprint density at radius 2 is 1.07 bits per heavy atom. The Labute approximate surface area is 168 Å². The first kappa shape index (κ1) is 26.3. The Hall–Kier alpha value is -0.693. The van der Waals surface area contributed by atoms with Gasteiger partial charge in [-0.05, 0) is 19.8 Å². The summed E-state index contributed by atoms with van der Waals surface area (Å²) in [6.45, 7) is 5.77. The molecule has 6 heteroatoms. The van der Waals surface area contributed by atoms with Gasteiger partial charge in [-0.15, -0.1) is 0 Å². The normalized spacial score (nSPS) is 11.6. The molecule has 160 valence electrons. The van der Waals surface area contributed by atoms with Crippen molar-refractivity contribution in [2.45, 2.75) is 90.0 Å². The van der Waals surface area contributed by atoms with Gasteiger partial charge in [-0.1, -0.05) is 70.8 Å². The number of carbonyl (C=O) groups is 1. The second kappa shape index (κ2) is 17.4. The van der Waals surface area contributed by atoms with Crippen LogP contribution >= 0.6 is 0 Å². The smallest absolute Gasteiger partial charge is 0.462 e. The second-order valence-corrected chi connectivity index (χ2v) is 10.3. The molecule has 0 spiro atoms. The minimum Gasteiger partial charge on any atom is -0.462 e. The molecule has 0 aromatic carbocycles. The van der Waals surface area contributed by atoms with E-state index in [1.54, 1.807) is 28.3 Å². The zero-order chi connectivity index (χ0) is 20.4. The van der Waals surface area contributed by atoms with Gasteiger partial charge in [0.2, 0.25) is 0 Å². The van der Waals surface area contributed by atoms with Gasteiger partial charge >= 0.3 is 14.8 Å². The highest BCUT2D eigenvalue weighted by Gasteiger charge is 2.36. The maximum atomic E-state index is 11.2. The lowest BCUT2D eigenvalue weighted by Gasteiger charge is -2.24. The molecule has 0 aliphatic carbocycles. The van der Waals surface area contributed by atoms with Crippen molar-refractivity contribution in [3.05, 3.63) is 12.2 Å². The molecular formula is C21H42O5Si. The van der Waals surface area contributed by atoms with E-state index in [0.717, 1.165) is 25.3 Å². The number of esters is 1. The average molecular weight is 403 g/mol. The van der Waals surface area contributed by atoms with E-state index in [9.17, 15) is 4.79 Å². The zero-order valence-electron chi connectivity index (χ0n) is 18.1. The van der Waals surface area contributed by atoms with Gasteiger partial charge in [0.1, 0.15) is 0 Å². The molecule has 0 heterocycles. The Morgan fingerprint density at radius 3 is 1.44 bits per heavy atom. The number of hydrogen-bond donors (Lipinski definition) is 0. The van der Waals surface area contributed by atoms with E-state index in [-0.39, 0.29) is 5.97 Å². The molecule has 0 N–H and O–H groups in total. The van der Waals surface area contributed by atoms with Crippen LogP contribution in [-0.4, -0.2) is 42.7 Å². The maximum absolute atomic E-state index is 11.2. The van der Waals surface area contributed by atoms with Gasteiger partial charge < -0.3 is 18.0 Å². The van der Waals surface area contributed by atoms with Crippen molar-refractivity contribution >= 4 is 14.8 Å². The molecule has 0 aromatic heterocycles. The Bertz CT molecular complexity index is 375. The molecule has 0 saturated heterocycles. The lowest BCUT2D eigenvalue weighted by atomic mass is 10.1. The lowest BCUT2D eigenvalue weighted by molar-refractivity contribution is -0.139. The van der Waals surface area contributed by atoms with Crippen LogP contribution in [0.2, 0.25) is 6.04 Å². The molecule has 0 aromatic rings. The van der Waals surface area contributed by atoms with Crippen molar-refractivity contribution in [1.29, 1.82) is 0 Å². The van der Waals surface area contributed by atoms with E-state index in [1.807, 2.05) is 0 Å². The van der Waals surface area contributed by atoms with Gasteiger partial charge in [0.25, 0.3) is 0 Å². The van der Waals surface area contributed by atoms with E-state index >= 15 is 0 Å². The molecule has 0 fully saturated rings. The van der Waals surface area contributed by atoms with Crippen LogP contribution in [-0.2, 0) is 22.8 Å². The van der Waals surface area contributed by atoms with Gasteiger partial charge in [-0.3, -0.25) is 0 Å². The Kier molecular flexibility index (Phi) is 17.0. The molecule has 0 aliphatic rings. The van der Waals surface area contributed by atoms with Crippen LogP contribution in [0.3, 0.4) is 0 Å². The third-order valence-electron chi connectivity index (χ3n) is 4.89. The zero-order valence-corrected chi connectivity index (χ0v) is 19.1. The first-order valence-corrected chi connectivity index (χ1v) is 12.4. The number of carbonyl (C=O) groups excluding carboxylic acids is 1. The van der Waals surface area contributed by atoms with Gasteiger partial charge in [-0.25, -0.2) is 4.79 Å². The van der Waals surface area contributed by atoms with E-state index in [2.05, 4.69) is 6.58 Å². The van der Waals surface area contributed by atoms with E-state index in [4.69, 9.17) is 18.0 Å². The summed E-state index contributed by atoms with van der Waals surface area (Å²) >= 11 is 0. The van der Waals surface area contributed by atoms with Crippen LogP contribution in [0.25, 0.3) is 0 Å². The van der Waals surface area contributed by atoms with Crippen molar-refractivity contribution in [2.24, 2.45) is 0 Å². The summed E-state index contributed by atoms with van der Waals surface area (Å²) in [6, 6.07) is 0.906. The SMILES string of the molecule is C=C(C)C(=O)OCCCCCCCCCCCCCC[Si](OC)(OC)OC. The summed E-state index contributed by atoms with van der Waals surface area (Å²) in [5.74, 6) is -0.271. The molecule has 27 heavy (non-hydrogen) atoms. The molecule has 0 amide bonds. The molecule has 0 radical (unpaired) electrons. The summed E-state index contributed by atoms with van der Waals surface area (Å²) in [5.41, 5.74) is 0.477. The molecule has 0 unspecified atom stereocenters. The number of hydrogen-bond acceptors (Lipinski definition) is 5. The summed E-state index contributed by atoms with van der Waals surface area (Å²) in [4.78, 5) is 11.2. The fourth-order valence-electron chi connectivity index (χ4n) is 3.06. The van der Waals surface area contributed by atoms with Gasteiger partial charge in [0.15, 0.2) is 0 Å². The Morgan fingerprint density at radius 1 is 0.704 bits per heavy atom. The van der Waals surface area contributed by atoms with Crippen molar-refractivity contribution in [1.82, 2.24) is 0 Å². The molecule has 0 aliphatic heterocycles. The molecular weight excluding hydrogens is 360 g/mol. The third kappa shape index (κ3) is 14.0. The second-order valence-electron chi connectivity index (χ2n) is 7.20. The van der Waals surface area contributed by atoms with Crippen molar-refractivity contribution in [3.8, 4) is 0 Å². The summed E-state index contributed by atoms with van der Waals surface area (Å²) in [7, 11) is 2.68. The highest BCUT2D eigenvalue weighted by atomic mass is 28.4. The number of unbranched alkanes of at least 4 members (excludes halogenated alkanes) is 11. The maximum Gasteiger partial charge on any atom is 0.500 e. The van der Waals surface area contributed by atoms with E-state index in [0.29, 0.717) is 12.2 Å². The summed E-state index contributed by atoms with van der Waals surface area (Å²) in [6.07, 6.45) is 14.9. The quantitative estimate of drug-likeness (QED) is 0.121. The highest BCUT2D eigenvalue weighted by Crippen LogP contribution is 2.18.